The Morgan fingerprint density at radius 1 is 1.45 bits per heavy atom. The lowest BCUT2D eigenvalue weighted by Gasteiger charge is -2.34. The van der Waals surface area contributed by atoms with E-state index >= 15 is 0 Å². The van der Waals surface area contributed by atoms with Crippen molar-refractivity contribution in [2.24, 2.45) is 0 Å². The summed E-state index contributed by atoms with van der Waals surface area (Å²) in [5, 5.41) is 2.80. The third-order valence-corrected chi connectivity index (χ3v) is 4.74. The van der Waals surface area contributed by atoms with Gasteiger partial charge < -0.3 is 10.2 Å². The predicted molar refractivity (Wildman–Crippen MR) is 83.7 cm³/mol. The maximum Gasteiger partial charge on any atom is 0.242 e. The van der Waals surface area contributed by atoms with Gasteiger partial charge in [-0.2, -0.15) is 0 Å². The highest BCUT2D eigenvalue weighted by Gasteiger charge is 2.31. The third kappa shape index (κ3) is 3.76. The Bertz CT molecular complexity index is 492. The van der Waals surface area contributed by atoms with E-state index in [-0.39, 0.29) is 17.9 Å². The first-order chi connectivity index (χ1) is 9.61. The molecule has 1 aliphatic heterocycles. The molecule has 1 aromatic carbocycles. The summed E-state index contributed by atoms with van der Waals surface area (Å²) in [5.74, 6) is 0.353. The Balaban J connectivity index is 1.93. The summed E-state index contributed by atoms with van der Waals surface area (Å²) in [6.07, 6.45) is 0.653. The topological polar surface area (TPSA) is 49.4 Å². The van der Waals surface area contributed by atoms with Crippen molar-refractivity contribution in [1.29, 1.82) is 0 Å². The molecule has 108 valence electrons. The van der Waals surface area contributed by atoms with E-state index in [9.17, 15) is 9.59 Å². The Labute approximate surface area is 131 Å². The van der Waals surface area contributed by atoms with Gasteiger partial charge in [-0.15, -0.1) is 11.8 Å². The van der Waals surface area contributed by atoms with E-state index < -0.39 is 0 Å². The minimum Gasteiger partial charge on any atom is -0.353 e. The van der Waals surface area contributed by atoms with Crippen LogP contribution < -0.4 is 5.32 Å². The van der Waals surface area contributed by atoms with E-state index in [1.807, 2.05) is 31.2 Å². The van der Waals surface area contributed by atoms with Gasteiger partial charge in [0.15, 0.2) is 0 Å². The first-order valence-electron chi connectivity index (χ1n) is 6.57. The zero-order valence-electron chi connectivity index (χ0n) is 11.3. The van der Waals surface area contributed by atoms with Crippen molar-refractivity contribution < 1.29 is 9.59 Å². The monoisotopic (exact) mass is 356 g/mol. The molecule has 1 heterocycles. The number of piperazine rings is 1. The van der Waals surface area contributed by atoms with Crippen LogP contribution in [0.3, 0.4) is 0 Å². The number of carbonyl (C=O) groups is 2. The summed E-state index contributed by atoms with van der Waals surface area (Å²) < 4.78 is 1.02. The number of halogens is 1. The first-order valence-corrected chi connectivity index (χ1v) is 8.35. The number of nitrogens with zero attached hydrogens (tertiary/aromatic N) is 1. The minimum absolute atomic E-state index is 0.0274. The van der Waals surface area contributed by atoms with Crippen molar-refractivity contribution in [2.45, 2.75) is 24.3 Å². The van der Waals surface area contributed by atoms with Crippen LogP contribution in [0.4, 0.5) is 0 Å². The van der Waals surface area contributed by atoms with Gasteiger partial charge in [-0.3, -0.25) is 9.59 Å². The summed E-state index contributed by atoms with van der Waals surface area (Å²) in [5.41, 5.74) is 0. The number of benzene rings is 1. The Morgan fingerprint density at radius 3 is 2.80 bits per heavy atom. The molecule has 0 aromatic heterocycles. The van der Waals surface area contributed by atoms with Gasteiger partial charge in [0.05, 0.1) is 5.75 Å². The highest BCUT2D eigenvalue weighted by Crippen LogP contribution is 2.21. The van der Waals surface area contributed by atoms with Crippen molar-refractivity contribution >= 4 is 39.5 Å². The summed E-state index contributed by atoms with van der Waals surface area (Å²) >= 11 is 4.88. The lowest BCUT2D eigenvalue weighted by Crippen LogP contribution is -2.57. The second-order valence-electron chi connectivity index (χ2n) is 4.54. The Kier molecular flexibility index (Phi) is 5.48. The van der Waals surface area contributed by atoms with E-state index in [1.165, 1.54) is 11.8 Å². The van der Waals surface area contributed by atoms with Crippen LogP contribution in [0.1, 0.15) is 13.3 Å². The molecule has 2 rings (SSSR count). The highest BCUT2D eigenvalue weighted by molar-refractivity contribution is 9.10. The zero-order valence-corrected chi connectivity index (χ0v) is 13.7. The molecule has 0 aliphatic carbocycles. The Morgan fingerprint density at radius 2 is 2.15 bits per heavy atom. The molecular formula is C14H17BrN2O2S. The van der Waals surface area contributed by atoms with E-state index in [0.29, 0.717) is 25.3 Å². The number of carbonyl (C=O) groups excluding carboxylic acids is 2. The molecule has 0 radical (unpaired) electrons. The van der Waals surface area contributed by atoms with Crippen LogP contribution in [0.2, 0.25) is 0 Å². The van der Waals surface area contributed by atoms with Gasteiger partial charge in [0.2, 0.25) is 11.8 Å². The number of amides is 2. The zero-order chi connectivity index (χ0) is 14.5. The maximum absolute atomic E-state index is 12.3. The van der Waals surface area contributed by atoms with Crippen LogP contribution in [0.15, 0.2) is 33.6 Å². The minimum atomic E-state index is -0.318. The third-order valence-electron chi connectivity index (χ3n) is 3.21. The van der Waals surface area contributed by atoms with Gasteiger partial charge in [-0.05, 0) is 30.7 Å². The van der Waals surface area contributed by atoms with Gasteiger partial charge in [0, 0.05) is 22.5 Å². The van der Waals surface area contributed by atoms with Gasteiger partial charge in [0.25, 0.3) is 0 Å². The van der Waals surface area contributed by atoms with E-state index in [4.69, 9.17) is 0 Å². The van der Waals surface area contributed by atoms with Crippen molar-refractivity contribution in [3.8, 4) is 0 Å². The lowest BCUT2D eigenvalue weighted by atomic mass is 10.1. The number of hydrogen-bond acceptors (Lipinski definition) is 3. The molecule has 1 atom stereocenters. The fourth-order valence-electron chi connectivity index (χ4n) is 2.18. The van der Waals surface area contributed by atoms with Crippen molar-refractivity contribution in [2.75, 3.05) is 18.8 Å². The van der Waals surface area contributed by atoms with Gasteiger partial charge in [-0.25, -0.2) is 0 Å². The lowest BCUT2D eigenvalue weighted by molar-refractivity contribution is -0.141. The van der Waals surface area contributed by atoms with Crippen LogP contribution >= 0.6 is 27.7 Å². The number of rotatable bonds is 4. The molecule has 0 spiro atoms. The molecule has 20 heavy (non-hydrogen) atoms. The number of nitrogens with one attached hydrogen (secondary N) is 1. The molecule has 1 N–H and O–H groups in total. The molecule has 6 heteroatoms. The molecule has 4 nitrogen and oxygen atoms in total. The van der Waals surface area contributed by atoms with Crippen molar-refractivity contribution in [3.05, 3.63) is 28.7 Å². The van der Waals surface area contributed by atoms with Crippen LogP contribution in [-0.2, 0) is 9.59 Å². The van der Waals surface area contributed by atoms with Crippen molar-refractivity contribution in [1.82, 2.24) is 10.2 Å². The average molecular weight is 357 g/mol. The van der Waals surface area contributed by atoms with Crippen LogP contribution in [0, 0.1) is 0 Å². The molecule has 2 amide bonds. The van der Waals surface area contributed by atoms with Gasteiger partial charge in [-0.1, -0.05) is 22.9 Å². The van der Waals surface area contributed by atoms with E-state index in [0.717, 1.165) is 9.37 Å². The van der Waals surface area contributed by atoms with Crippen LogP contribution in [0.25, 0.3) is 0 Å². The van der Waals surface area contributed by atoms with E-state index in [2.05, 4.69) is 21.2 Å². The molecule has 1 fully saturated rings. The van der Waals surface area contributed by atoms with Crippen molar-refractivity contribution in [3.63, 3.8) is 0 Å². The summed E-state index contributed by atoms with van der Waals surface area (Å²) in [4.78, 5) is 26.8. The first kappa shape index (κ1) is 15.4. The maximum atomic E-state index is 12.3. The predicted octanol–water partition coefficient (Wildman–Crippen LogP) is 2.28. The second kappa shape index (κ2) is 7.13. The average Bonchev–Trinajstić information content (AvgIpc) is 2.46. The second-order valence-corrected chi connectivity index (χ2v) is 6.51. The van der Waals surface area contributed by atoms with Crippen LogP contribution in [0.5, 0.6) is 0 Å². The molecule has 0 saturated carbocycles. The summed E-state index contributed by atoms with van der Waals surface area (Å²) in [7, 11) is 0. The van der Waals surface area contributed by atoms with Gasteiger partial charge in [0.1, 0.15) is 6.04 Å². The SMILES string of the molecule is CCC1C(=O)NCCN1C(=O)CSc1ccc(Br)cc1. The fraction of sp³-hybridized carbons (Fsp3) is 0.429. The standard InChI is InChI=1S/C14H17BrN2O2S/c1-2-12-14(19)16-7-8-17(12)13(18)9-20-11-5-3-10(15)4-6-11/h3-6,12H,2,7-9H2,1H3,(H,16,19). The van der Waals surface area contributed by atoms with E-state index in [1.54, 1.807) is 4.90 Å². The molecule has 1 unspecified atom stereocenters. The quantitative estimate of drug-likeness (QED) is 0.842. The smallest absolute Gasteiger partial charge is 0.242 e. The molecule has 0 bridgehead atoms. The number of hydrogen-bond donors (Lipinski definition) is 1. The largest absolute Gasteiger partial charge is 0.353 e. The molecular weight excluding hydrogens is 340 g/mol. The Hall–Kier alpha value is -1.01. The summed E-state index contributed by atoms with van der Waals surface area (Å²) in [6.45, 7) is 3.08. The molecule has 1 saturated heterocycles. The highest BCUT2D eigenvalue weighted by atomic mass is 79.9. The molecule has 1 aromatic rings. The molecule has 1 aliphatic rings. The summed E-state index contributed by atoms with van der Waals surface area (Å²) in [6, 6.07) is 7.54. The number of thioether (sulfide) groups is 1. The fourth-order valence-corrected chi connectivity index (χ4v) is 3.23. The van der Waals surface area contributed by atoms with Gasteiger partial charge >= 0.3 is 0 Å². The normalized spacial score (nSPS) is 18.8. The van der Waals surface area contributed by atoms with Crippen LogP contribution in [-0.4, -0.2) is 41.6 Å².